The maximum Gasteiger partial charge on any atom is 0.0469 e. The Balaban J connectivity index is 1.44. The fourth-order valence-electron chi connectivity index (χ4n) is 1.89. The van der Waals surface area contributed by atoms with Crippen LogP contribution in [-0.4, -0.2) is 23.2 Å². The number of nitrogens with one attached hydrogen (secondary N) is 2. The number of aryl methyl sites for hydroxylation is 2. The summed E-state index contributed by atoms with van der Waals surface area (Å²) in [5, 5.41) is 0. The van der Waals surface area contributed by atoms with Crippen LogP contribution in [-0.2, 0) is 17.6 Å². The van der Waals surface area contributed by atoms with Crippen LogP contribution >= 0.6 is 0 Å². The number of rotatable bonds is 8. The summed E-state index contributed by atoms with van der Waals surface area (Å²) in [6.07, 6.45) is 12.4. The minimum atomic E-state index is 0.859. The zero-order valence-electron chi connectivity index (χ0n) is 10.1. The van der Waals surface area contributed by atoms with Crippen LogP contribution < -0.4 is 0 Å². The van der Waals surface area contributed by atoms with E-state index in [-0.39, 0.29) is 0 Å². The molecule has 0 atom stereocenters. The molecule has 0 saturated carbocycles. The number of aromatic amines is 2. The minimum absolute atomic E-state index is 0.859. The molecule has 2 aromatic rings. The van der Waals surface area contributed by atoms with Gasteiger partial charge in [0.25, 0.3) is 0 Å². The Morgan fingerprint density at radius 2 is 1.35 bits per heavy atom. The molecule has 0 aromatic carbocycles. The SMILES string of the molecule is c1cc(CCCOCCCc2cc[nH]c2)c[nH]1. The highest BCUT2D eigenvalue weighted by Gasteiger charge is 1.95. The normalized spacial score (nSPS) is 10.8. The molecule has 0 bridgehead atoms. The quantitative estimate of drug-likeness (QED) is 0.675. The van der Waals surface area contributed by atoms with Gasteiger partial charge in [0.05, 0.1) is 0 Å². The van der Waals surface area contributed by atoms with Crippen molar-refractivity contribution in [2.75, 3.05) is 13.2 Å². The van der Waals surface area contributed by atoms with Crippen LogP contribution in [0.2, 0.25) is 0 Å². The van der Waals surface area contributed by atoms with Crippen molar-refractivity contribution >= 4 is 0 Å². The van der Waals surface area contributed by atoms with Crippen molar-refractivity contribution in [3.05, 3.63) is 48.0 Å². The molecule has 0 unspecified atom stereocenters. The highest BCUT2D eigenvalue weighted by atomic mass is 16.5. The number of hydrogen-bond donors (Lipinski definition) is 2. The summed E-state index contributed by atoms with van der Waals surface area (Å²) in [7, 11) is 0. The van der Waals surface area contributed by atoms with Gasteiger partial charge < -0.3 is 14.7 Å². The van der Waals surface area contributed by atoms with E-state index >= 15 is 0 Å². The first-order valence-corrected chi connectivity index (χ1v) is 6.26. The Kier molecular flexibility index (Phi) is 4.91. The van der Waals surface area contributed by atoms with Crippen LogP contribution in [0.15, 0.2) is 36.9 Å². The predicted octanol–water partition coefficient (Wildman–Crippen LogP) is 2.92. The van der Waals surface area contributed by atoms with Gasteiger partial charge in [-0.25, -0.2) is 0 Å². The number of H-pyrrole nitrogens is 2. The van der Waals surface area contributed by atoms with Crippen molar-refractivity contribution in [1.29, 1.82) is 0 Å². The Hall–Kier alpha value is -1.48. The monoisotopic (exact) mass is 232 g/mol. The lowest BCUT2D eigenvalue weighted by Gasteiger charge is -2.03. The molecule has 0 amide bonds. The second-order valence-corrected chi connectivity index (χ2v) is 4.26. The first-order chi connectivity index (χ1) is 8.45. The summed E-state index contributed by atoms with van der Waals surface area (Å²) in [5.74, 6) is 0. The predicted molar refractivity (Wildman–Crippen MR) is 69.0 cm³/mol. The average Bonchev–Trinajstić information content (AvgIpc) is 3.00. The molecule has 2 N–H and O–H groups in total. The Morgan fingerprint density at radius 1 is 0.824 bits per heavy atom. The van der Waals surface area contributed by atoms with Gasteiger partial charge in [-0.3, -0.25) is 0 Å². The third kappa shape index (κ3) is 4.49. The second kappa shape index (κ2) is 6.97. The fourth-order valence-corrected chi connectivity index (χ4v) is 1.89. The Labute approximate surface area is 102 Å². The van der Waals surface area contributed by atoms with Gasteiger partial charge >= 0.3 is 0 Å². The fraction of sp³-hybridized carbons (Fsp3) is 0.429. The van der Waals surface area contributed by atoms with Crippen molar-refractivity contribution in [2.24, 2.45) is 0 Å². The van der Waals surface area contributed by atoms with Gasteiger partial charge in [0.2, 0.25) is 0 Å². The summed E-state index contributed by atoms with van der Waals surface area (Å²) in [5.41, 5.74) is 2.72. The zero-order valence-corrected chi connectivity index (χ0v) is 10.1. The summed E-state index contributed by atoms with van der Waals surface area (Å²) in [6.45, 7) is 1.72. The Morgan fingerprint density at radius 3 is 1.76 bits per heavy atom. The van der Waals surface area contributed by atoms with Crippen molar-refractivity contribution < 1.29 is 4.74 Å². The van der Waals surface area contributed by atoms with Gasteiger partial charge in [-0.2, -0.15) is 0 Å². The molecule has 17 heavy (non-hydrogen) atoms. The van der Waals surface area contributed by atoms with E-state index in [1.807, 2.05) is 24.8 Å². The first-order valence-electron chi connectivity index (χ1n) is 6.26. The average molecular weight is 232 g/mol. The van der Waals surface area contributed by atoms with Crippen LogP contribution in [0.25, 0.3) is 0 Å². The van der Waals surface area contributed by atoms with Crippen LogP contribution in [0, 0.1) is 0 Å². The zero-order chi connectivity index (χ0) is 11.8. The lowest BCUT2D eigenvalue weighted by Crippen LogP contribution is -1.99. The van der Waals surface area contributed by atoms with Gasteiger partial charge in [0.15, 0.2) is 0 Å². The highest BCUT2D eigenvalue weighted by molar-refractivity contribution is 5.08. The molecule has 0 saturated heterocycles. The molecule has 0 radical (unpaired) electrons. The van der Waals surface area contributed by atoms with E-state index in [0.29, 0.717) is 0 Å². The van der Waals surface area contributed by atoms with Gasteiger partial charge in [-0.15, -0.1) is 0 Å². The molecule has 0 spiro atoms. The van der Waals surface area contributed by atoms with E-state index in [4.69, 9.17) is 4.74 Å². The van der Waals surface area contributed by atoms with Gasteiger partial charge in [0, 0.05) is 38.0 Å². The molecule has 0 aliphatic heterocycles. The van der Waals surface area contributed by atoms with E-state index in [2.05, 4.69) is 22.1 Å². The molecule has 0 aliphatic carbocycles. The standard InChI is InChI=1S/C14H20N2O/c1(3-13-5-7-15-11-13)9-17-10-2-4-14-6-8-16-12-14/h5-8,11-12,15-16H,1-4,9-10H2. The summed E-state index contributed by atoms with van der Waals surface area (Å²) in [4.78, 5) is 6.13. The first kappa shape index (κ1) is 12.0. The van der Waals surface area contributed by atoms with Crippen LogP contribution in [0.3, 0.4) is 0 Å². The number of aromatic nitrogens is 2. The second-order valence-electron chi connectivity index (χ2n) is 4.26. The summed E-state index contributed by atoms with van der Waals surface area (Å²) < 4.78 is 5.61. The molecule has 3 nitrogen and oxygen atoms in total. The summed E-state index contributed by atoms with van der Waals surface area (Å²) in [6, 6.07) is 4.23. The maximum atomic E-state index is 5.61. The van der Waals surface area contributed by atoms with E-state index in [0.717, 1.165) is 38.9 Å². The lowest BCUT2D eigenvalue weighted by molar-refractivity contribution is 0.130. The van der Waals surface area contributed by atoms with Crippen LogP contribution in [0.4, 0.5) is 0 Å². The topological polar surface area (TPSA) is 40.8 Å². The van der Waals surface area contributed by atoms with E-state index in [1.165, 1.54) is 11.1 Å². The third-order valence-electron chi connectivity index (χ3n) is 2.83. The molecular weight excluding hydrogens is 212 g/mol. The third-order valence-corrected chi connectivity index (χ3v) is 2.83. The van der Waals surface area contributed by atoms with Crippen molar-refractivity contribution in [1.82, 2.24) is 9.97 Å². The lowest BCUT2D eigenvalue weighted by atomic mass is 10.2. The van der Waals surface area contributed by atoms with Crippen molar-refractivity contribution in [3.63, 3.8) is 0 Å². The van der Waals surface area contributed by atoms with Gasteiger partial charge in [-0.1, -0.05) is 0 Å². The minimum Gasteiger partial charge on any atom is -0.381 e. The van der Waals surface area contributed by atoms with Crippen LogP contribution in [0.1, 0.15) is 24.0 Å². The summed E-state index contributed by atoms with van der Waals surface area (Å²) >= 11 is 0. The van der Waals surface area contributed by atoms with Crippen molar-refractivity contribution in [3.8, 4) is 0 Å². The molecule has 0 aliphatic rings. The smallest absolute Gasteiger partial charge is 0.0469 e. The number of hydrogen-bond acceptors (Lipinski definition) is 1. The highest BCUT2D eigenvalue weighted by Crippen LogP contribution is 2.03. The van der Waals surface area contributed by atoms with Crippen LogP contribution in [0.5, 0.6) is 0 Å². The largest absolute Gasteiger partial charge is 0.381 e. The molecule has 92 valence electrons. The maximum absolute atomic E-state index is 5.61. The van der Waals surface area contributed by atoms with Gasteiger partial charge in [0.1, 0.15) is 0 Å². The van der Waals surface area contributed by atoms with E-state index in [9.17, 15) is 0 Å². The molecule has 2 aromatic heterocycles. The van der Waals surface area contributed by atoms with E-state index in [1.54, 1.807) is 0 Å². The molecular formula is C14H20N2O. The Bertz CT molecular complexity index is 340. The molecule has 2 rings (SSSR count). The molecule has 0 fully saturated rings. The van der Waals surface area contributed by atoms with E-state index < -0.39 is 0 Å². The number of ether oxygens (including phenoxy) is 1. The molecule has 2 heterocycles. The van der Waals surface area contributed by atoms with Crippen molar-refractivity contribution in [2.45, 2.75) is 25.7 Å². The molecule has 3 heteroatoms. The van der Waals surface area contributed by atoms with Gasteiger partial charge in [-0.05, 0) is 48.9 Å².